The first-order chi connectivity index (χ1) is 15.4. The van der Waals surface area contributed by atoms with Crippen LogP contribution in [0.1, 0.15) is 47.2 Å². The minimum atomic E-state index is -0.959. The van der Waals surface area contributed by atoms with Crippen LogP contribution < -0.4 is 9.64 Å². The number of para-hydroxylation sites is 1. The normalized spacial score (nSPS) is 12.9. The molecule has 0 saturated carbocycles. The van der Waals surface area contributed by atoms with E-state index in [0.29, 0.717) is 57.2 Å². The van der Waals surface area contributed by atoms with Crippen LogP contribution in [0.15, 0.2) is 42.5 Å². The van der Waals surface area contributed by atoms with E-state index in [4.69, 9.17) is 4.74 Å². The molecule has 0 fully saturated rings. The van der Waals surface area contributed by atoms with E-state index >= 15 is 0 Å². The predicted molar refractivity (Wildman–Crippen MR) is 123 cm³/mol. The highest BCUT2D eigenvalue weighted by Crippen LogP contribution is 2.28. The Hall–Kier alpha value is -3.35. The minimum absolute atomic E-state index is 0.0447. The monoisotopic (exact) mass is 438 g/mol. The van der Waals surface area contributed by atoms with Crippen LogP contribution in [0.3, 0.4) is 0 Å². The number of carbonyl (C=O) groups is 3. The van der Waals surface area contributed by atoms with Crippen molar-refractivity contribution in [3.8, 4) is 5.75 Å². The summed E-state index contributed by atoms with van der Waals surface area (Å²) < 4.78 is 5.33. The zero-order chi connectivity index (χ0) is 23.1. The van der Waals surface area contributed by atoms with Crippen molar-refractivity contribution >= 4 is 23.5 Å². The van der Waals surface area contributed by atoms with E-state index in [1.54, 1.807) is 25.1 Å². The Kier molecular flexibility index (Phi) is 7.87. The molecule has 2 aromatic rings. The highest BCUT2D eigenvalue weighted by molar-refractivity contribution is 5.99. The molecule has 7 heteroatoms. The third-order valence-electron chi connectivity index (χ3n) is 5.94. The van der Waals surface area contributed by atoms with Crippen molar-refractivity contribution in [3.63, 3.8) is 0 Å². The molecule has 0 bridgehead atoms. The van der Waals surface area contributed by atoms with Gasteiger partial charge in [-0.25, -0.2) is 4.79 Å². The summed E-state index contributed by atoms with van der Waals surface area (Å²) in [5.74, 6) is 0.887. The van der Waals surface area contributed by atoms with Gasteiger partial charge in [-0.1, -0.05) is 18.2 Å². The Morgan fingerprint density at radius 3 is 2.62 bits per heavy atom. The number of fused-ring (bicyclic) bond motifs is 1. The number of carboxylic acid groups (broad SMARTS) is 1. The molecule has 0 saturated heterocycles. The Labute approximate surface area is 188 Å². The summed E-state index contributed by atoms with van der Waals surface area (Å²) in [5, 5.41) is 9.52. The fourth-order valence-corrected chi connectivity index (χ4v) is 4.03. The molecule has 1 N–H and O–H groups in total. The van der Waals surface area contributed by atoms with Crippen LogP contribution in [0.5, 0.6) is 5.75 Å². The number of rotatable bonds is 10. The van der Waals surface area contributed by atoms with Gasteiger partial charge < -0.3 is 19.6 Å². The fraction of sp³-hybridized carbons (Fsp3) is 0.400. The lowest BCUT2D eigenvalue weighted by Gasteiger charge is -2.26. The van der Waals surface area contributed by atoms with Crippen molar-refractivity contribution in [1.29, 1.82) is 0 Å². The first-order valence-corrected chi connectivity index (χ1v) is 10.9. The van der Waals surface area contributed by atoms with Crippen LogP contribution in [0.2, 0.25) is 0 Å². The lowest BCUT2D eigenvalue weighted by Crippen LogP contribution is -2.32. The summed E-state index contributed by atoms with van der Waals surface area (Å²) in [6.45, 7) is 0.759. The first kappa shape index (κ1) is 23.3. The number of ether oxygens (including phenoxy) is 1. The van der Waals surface area contributed by atoms with Gasteiger partial charge in [-0.3, -0.25) is 9.59 Å². The van der Waals surface area contributed by atoms with Gasteiger partial charge in [-0.2, -0.15) is 0 Å². The van der Waals surface area contributed by atoms with Gasteiger partial charge in [0, 0.05) is 44.2 Å². The highest BCUT2D eigenvalue weighted by atomic mass is 16.5. The third-order valence-corrected chi connectivity index (χ3v) is 5.94. The van der Waals surface area contributed by atoms with Gasteiger partial charge in [0.25, 0.3) is 0 Å². The number of Topliss-reactive ketones (excluding diaryl/α,β-unsaturated/α-hetero) is 1. The number of unbranched alkanes of at least 4 members (excludes halogenated alkanes) is 1. The zero-order valence-electron chi connectivity index (χ0n) is 18.7. The van der Waals surface area contributed by atoms with Gasteiger partial charge in [-0.05, 0) is 61.1 Å². The lowest BCUT2D eigenvalue weighted by atomic mass is 9.96. The van der Waals surface area contributed by atoms with Crippen molar-refractivity contribution in [2.45, 2.75) is 38.5 Å². The third kappa shape index (κ3) is 5.66. The first-order valence-electron chi connectivity index (χ1n) is 10.9. The molecule has 170 valence electrons. The number of hydrogen-bond donors (Lipinski definition) is 1. The van der Waals surface area contributed by atoms with Gasteiger partial charge >= 0.3 is 6.09 Å². The average molecular weight is 439 g/mol. The van der Waals surface area contributed by atoms with Gasteiger partial charge in [0.05, 0.1) is 7.11 Å². The van der Waals surface area contributed by atoms with E-state index < -0.39 is 6.09 Å². The van der Waals surface area contributed by atoms with Crippen molar-refractivity contribution in [2.24, 2.45) is 0 Å². The second kappa shape index (κ2) is 10.8. The minimum Gasteiger partial charge on any atom is -0.496 e. The number of anilines is 1. The Balaban J connectivity index is 1.48. The van der Waals surface area contributed by atoms with Gasteiger partial charge in [0.2, 0.25) is 5.91 Å². The van der Waals surface area contributed by atoms with E-state index in [1.165, 1.54) is 4.90 Å². The van der Waals surface area contributed by atoms with E-state index in [1.807, 2.05) is 36.4 Å². The average Bonchev–Trinajstić information content (AvgIpc) is 2.80. The zero-order valence-corrected chi connectivity index (χ0v) is 18.7. The summed E-state index contributed by atoms with van der Waals surface area (Å²) in [7, 11) is 3.36. The topological polar surface area (TPSA) is 87.2 Å². The summed E-state index contributed by atoms with van der Waals surface area (Å²) >= 11 is 0. The number of methoxy groups -OCH3 is 1. The smallest absolute Gasteiger partial charge is 0.407 e. The predicted octanol–water partition coefficient (Wildman–Crippen LogP) is 4.18. The second-order valence-electron chi connectivity index (χ2n) is 8.01. The molecule has 0 atom stereocenters. The SMILES string of the molecule is COc1ccccc1CCN(CCCCC(=O)c1ccc2c(c1)CCC(=O)N2C)C(=O)O. The van der Waals surface area contributed by atoms with E-state index in [2.05, 4.69) is 0 Å². The van der Waals surface area contributed by atoms with Crippen LogP contribution in [-0.4, -0.2) is 55.0 Å². The summed E-state index contributed by atoms with van der Waals surface area (Å²) in [6, 6.07) is 13.1. The van der Waals surface area contributed by atoms with Crippen molar-refractivity contribution in [3.05, 3.63) is 59.2 Å². The lowest BCUT2D eigenvalue weighted by molar-refractivity contribution is -0.118. The van der Waals surface area contributed by atoms with Gasteiger partial charge in [0.1, 0.15) is 5.75 Å². The number of benzene rings is 2. The molecule has 1 aliphatic heterocycles. The summed E-state index contributed by atoms with van der Waals surface area (Å²) in [4.78, 5) is 39.1. The fourth-order valence-electron chi connectivity index (χ4n) is 4.03. The highest BCUT2D eigenvalue weighted by Gasteiger charge is 2.21. The maximum atomic E-state index is 12.6. The van der Waals surface area contributed by atoms with Crippen LogP contribution in [-0.2, 0) is 17.6 Å². The van der Waals surface area contributed by atoms with E-state index in [-0.39, 0.29) is 11.7 Å². The molecule has 3 rings (SSSR count). The van der Waals surface area contributed by atoms with Crippen LogP contribution in [0.25, 0.3) is 0 Å². The van der Waals surface area contributed by atoms with E-state index in [0.717, 1.165) is 22.6 Å². The van der Waals surface area contributed by atoms with Crippen LogP contribution in [0.4, 0.5) is 10.5 Å². The summed E-state index contributed by atoms with van der Waals surface area (Å²) in [5.41, 5.74) is 3.50. The summed E-state index contributed by atoms with van der Waals surface area (Å²) in [6.07, 6.45) is 2.33. The Bertz CT molecular complexity index is 988. The molecule has 0 radical (unpaired) electrons. The van der Waals surface area contributed by atoms with Crippen LogP contribution >= 0.6 is 0 Å². The molecule has 32 heavy (non-hydrogen) atoms. The molecule has 0 spiro atoms. The maximum Gasteiger partial charge on any atom is 0.407 e. The maximum absolute atomic E-state index is 12.6. The van der Waals surface area contributed by atoms with Crippen molar-refractivity contribution in [1.82, 2.24) is 4.90 Å². The Morgan fingerprint density at radius 2 is 1.88 bits per heavy atom. The molecule has 0 aromatic heterocycles. The number of ketones is 1. The number of carbonyl (C=O) groups excluding carboxylic acids is 2. The van der Waals surface area contributed by atoms with E-state index in [9.17, 15) is 19.5 Å². The van der Waals surface area contributed by atoms with Crippen molar-refractivity contribution < 1.29 is 24.2 Å². The standard InChI is InChI=1S/C25H30N2O5/c1-26-21-12-10-20(17-19(21)11-13-24(26)29)22(28)8-5-6-15-27(25(30)31)16-14-18-7-3-4-9-23(18)32-2/h3-4,7,9-10,12,17H,5-6,8,11,13-16H2,1-2H3,(H,30,31). The quantitative estimate of drug-likeness (QED) is 0.444. The molecule has 2 amide bonds. The largest absolute Gasteiger partial charge is 0.496 e. The number of aryl methyl sites for hydroxylation is 1. The molecular formula is C25H30N2O5. The van der Waals surface area contributed by atoms with Crippen molar-refractivity contribution in [2.75, 3.05) is 32.1 Å². The number of nitrogens with zero attached hydrogens (tertiary/aromatic N) is 2. The molecular weight excluding hydrogens is 408 g/mol. The van der Waals surface area contributed by atoms with Crippen LogP contribution in [0, 0.1) is 0 Å². The number of hydrogen-bond acceptors (Lipinski definition) is 4. The molecule has 1 heterocycles. The molecule has 0 unspecified atom stereocenters. The Morgan fingerprint density at radius 1 is 1.09 bits per heavy atom. The molecule has 1 aliphatic rings. The van der Waals surface area contributed by atoms with Gasteiger partial charge in [0.15, 0.2) is 5.78 Å². The number of amides is 2. The molecule has 7 nitrogen and oxygen atoms in total. The molecule has 2 aromatic carbocycles. The van der Waals surface area contributed by atoms with Gasteiger partial charge in [-0.15, -0.1) is 0 Å². The second-order valence-corrected chi connectivity index (χ2v) is 8.01. The molecule has 0 aliphatic carbocycles.